The van der Waals surface area contributed by atoms with Gasteiger partial charge in [0.05, 0.1) is 6.54 Å². The summed E-state index contributed by atoms with van der Waals surface area (Å²) < 4.78 is 37.4. The van der Waals surface area contributed by atoms with E-state index in [9.17, 15) is 18.0 Å². The molecule has 0 spiro atoms. The van der Waals surface area contributed by atoms with E-state index in [0.717, 1.165) is 0 Å². The summed E-state index contributed by atoms with van der Waals surface area (Å²) in [5.74, 6) is -2.29. The van der Waals surface area contributed by atoms with E-state index in [1.54, 1.807) is 41.4 Å². The number of carbonyl (C=O) groups excluding carboxylic acids is 1. The van der Waals surface area contributed by atoms with Crippen molar-refractivity contribution in [1.29, 1.82) is 0 Å². The van der Waals surface area contributed by atoms with Crippen molar-refractivity contribution in [3.8, 4) is 0 Å². The monoisotopic (exact) mass is 306 g/mol. The quantitative estimate of drug-likeness (QED) is 0.738. The number of allylic oxidation sites excluding steroid dienone is 1. The second-order valence-corrected chi connectivity index (χ2v) is 4.55. The fourth-order valence-corrected chi connectivity index (χ4v) is 2.07. The molecule has 1 aromatic rings. The first-order chi connectivity index (χ1) is 10.4. The van der Waals surface area contributed by atoms with Crippen LogP contribution in [0.2, 0.25) is 0 Å². The molecule has 0 saturated carbocycles. The SMILES string of the molecule is O=C(N=C1N=C2N=CC=CN2Cc2ccccc21)C(F)(F)F. The van der Waals surface area contributed by atoms with E-state index in [-0.39, 0.29) is 11.8 Å². The minimum Gasteiger partial charge on any atom is -0.313 e. The number of guanidine groups is 1. The predicted octanol–water partition coefficient (Wildman–Crippen LogP) is 2.29. The molecule has 0 radical (unpaired) electrons. The van der Waals surface area contributed by atoms with Gasteiger partial charge in [-0.2, -0.15) is 23.2 Å². The molecule has 0 unspecified atom stereocenters. The van der Waals surface area contributed by atoms with Crippen molar-refractivity contribution in [2.75, 3.05) is 0 Å². The van der Waals surface area contributed by atoms with E-state index in [4.69, 9.17) is 0 Å². The molecular formula is C14H9F3N4O. The average Bonchev–Trinajstić information content (AvgIpc) is 2.63. The first-order valence-corrected chi connectivity index (χ1v) is 6.29. The maximum Gasteiger partial charge on any atom is 0.473 e. The number of hydrogen-bond acceptors (Lipinski definition) is 3. The Balaban J connectivity index is 2.14. The Morgan fingerprint density at radius 3 is 2.82 bits per heavy atom. The van der Waals surface area contributed by atoms with Gasteiger partial charge in [0.25, 0.3) is 0 Å². The van der Waals surface area contributed by atoms with Crippen LogP contribution in [0.1, 0.15) is 11.1 Å². The van der Waals surface area contributed by atoms with E-state index in [0.29, 0.717) is 17.7 Å². The van der Waals surface area contributed by atoms with Crippen molar-refractivity contribution in [3.05, 3.63) is 47.7 Å². The molecule has 1 aromatic carbocycles. The number of amidine groups is 1. The first-order valence-electron chi connectivity index (χ1n) is 6.29. The molecule has 3 rings (SSSR count). The Hall–Kier alpha value is -2.77. The normalized spacial score (nSPS) is 18.6. The van der Waals surface area contributed by atoms with Crippen molar-refractivity contribution >= 4 is 23.9 Å². The largest absolute Gasteiger partial charge is 0.473 e. The number of nitrogens with zero attached hydrogens (tertiary/aromatic N) is 4. The number of fused-ring (bicyclic) bond motifs is 2. The molecule has 22 heavy (non-hydrogen) atoms. The van der Waals surface area contributed by atoms with E-state index < -0.39 is 12.1 Å². The van der Waals surface area contributed by atoms with Gasteiger partial charge in [0.15, 0.2) is 5.84 Å². The molecule has 0 aliphatic carbocycles. The number of carbonyl (C=O) groups is 1. The molecule has 0 saturated heterocycles. The average molecular weight is 306 g/mol. The summed E-state index contributed by atoms with van der Waals surface area (Å²) in [5, 5.41) is 0. The van der Waals surface area contributed by atoms with Crippen molar-refractivity contribution in [1.82, 2.24) is 4.90 Å². The third kappa shape index (κ3) is 2.67. The minimum atomic E-state index is -5.04. The van der Waals surface area contributed by atoms with Crippen LogP contribution in [0.5, 0.6) is 0 Å². The summed E-state index contributed by atoms with van der Waals surface area (Å²) in [6.07, 6.45) is -0.180. The van der Waals surface area contributed by atoms with Crippen LogP contribution in [0.4, 0.5) is 13.2 Å². The summed E-state index contributed by atoms with van der Waals surface area (Å²) in [6, 6.07) is 6.72. The van der Waals surface area contributed by atoms with Crippen molar-refractivity contribution in [3.63, 3.8) is 0 Å². The highest BCUT2D eigenvalue weighted by Gasteiger charge is 2.39. The van der Waals surface area contributed by atoms with E-state index >= 15 is 0 Å². The highest BCUT2D eigenvalue weighted by atomic mass is 19.4. The molecule has 0 fully saturated rings. The molecule has 1 amide bonds. The highest BCUT2D eigenvalue weighted by molar-refractivity contribution is 6.13. The Kier molecular flexibility index (Phi) is 3.36. The lowest BCUT2D eigenvalue weighted by Gasteiger charge is -2.19. The lowest BCUT2D eigenvalue weighted by molar-refractivity contribution is -0.169. The van der Waals surface area contributed by atoms with E-state index in [1.807, 2.05) is 0 Å². The summed E-state index contributed by atoms with van der Waals surface area (Å²) in [5.41, 5.74) is 1.09. The van der Waals surface area contributed by atoms with Gasteiger partial charge in [-0.05, 0) is 11.6 Å². The topological polar surface area (TPSA) is 57.4 Å². The Labute approximate surface area is 123 Å². The summed E-state index contributed by atoms with van der Waals surface area (Å²) >= 11 is 0. The maximum absolute atomic E-state index is 12.5. The van der Waals surface area contributed by atoms with Gasteiger partial charge in [0, 0.05) is 18.0 Å². The van der Waals surface area contributed by atoms with Gasteiger partial charge < -0.3 is 4.90 Å². The van der Waals surface area contributed by atoms with Crippen molar-refractivity contribution in [2.45, 2.75) is 12.7 Å². The number of alkyl halides is 3. The molecule has 0 bridgehead atoms. The predicted molar refractivity (Wildman–Crippen MR) is 74.7 cm³/mol. The zero-order chi connectivity index (χ0) is 15.7. The Morgan fingerprint density at radius 1 is 1.27 bits per heavy atom. The number of halogens is 3. The molecule has 2 aliphatic heterocycles. The van der Waals surface area contributed by atoms with Gasteiger partial charge in [0.2, 0.25) is 5.96 Å². The van der Waals surface area contributed by atoms with Gasteiger partial charge in [-0.1, -0.05) is 24.3 Å². The number of benzene rings is 1. The van der Waals surface area contributed by atoms with Crippen molar-refractivity contribution in [2.24, 2.45) is 15.0 Å². The zero-order valence-corrected chi connectivity index (χ0v) is 11.1. The van der Waals surface area contributed by atoms with Gasteiger partial charge in [-0.3, -0.25) is 4.79 Å². The van der Waals surface area contributed by atoms with Crippen LogP contribution in [-0.2, 0) is 11.3 Å². The molecule has 2 heterocycles. The van der Waals surface area contributed by atoms with Crippen LogP contribution < -0.4 is 0 Å². The second kappa shape index (κ2) is 5.21. The number of aliphatic imine (C=N–C) groups is 3. The minimum absolute atomic E-state index is 0.187. The van der Waals surface area contributed by atoms with Crippen LogP contribution >= 0.6 is 0 Å². The van der Waals surface area contributed by atoms with Crippen LogP contribution in [0.15, 0.2) is 51.5 Å². The summed E-state index contributed by atoms with van der Waals surface area (Å²) in [6.45, 7) is 0.377. The number of amides is 1. The van der Waals surface area contributed by atoms with Crippen LogP contribution in [0.3, 0.4) is 0 Å². The molecule has 5 nitrogen and oxygen atoms in total. The maximum atomic E-state index is 12.5. The molecule has 2 aliphatic rings. The van der Waals surface area contributed by atoms with Gasteiger partial charge >= 0.3 is 12.1 Å². The first kappa shape index (κ1) is 14.2. The van der Waals surface area contributed by atoms with Crippen LogP contribution in [-0.4, -0.2) is 35.0 Å². The van der Waals surface area contributed by atoms with Crippen LogP contribution in [0, 0.1) is 0 Å². The summed E-state index contributed by atoms with van der Waals surface area (Å²) in [7, 11) is 0. The molecule has 8 heteroatoms. The number of rotatable bonds is 0. The fraction of sp³-hybridized carbons (Fsp3) is 0.143. The van der Waals surface area contributed by atoms with Crippen LogP contribution in [0.25, 0.3) is 0 Å². The Morgan fingerprint density at radius 2 is 2.05 bits per heavy atom. The lowest BCUT2D eigenvalue weighted by Crippen LogP contribution is -2.25. The lowest BCUT2D eigenvalue weighted by atomic mass is 10.1. The number of hydrogen-bond donors (Lipinski definition) is 0. The molecule has 0 aromatic heterocycles. The fourth-order valence-electron chi connectivity index (χ4n) is 2.07. The second-order valence-electron chi connectivity index (χ2n) is 4.55. The van der Waals surface area contributed by atoms with Gasteiger partial charge in [-0.25, -0.2) is 4.99 Å². The molecule has 0 atom stereocenters. The zero-order valence-electron chi connectivity index (χ0n) is 11.1. The standard InChI is InChI=1S/C14H9F3N4O/c15-14(16,17)12(22)19-11-10-5-2-1-4-9(10)8-21-7-3-6-18-13(21)20-11/h1-7H,8H2. The van der Waals surface area contributed by atoms with Crippen molar-refractivity contribution < 1.29 is 18.0 Å². The molecular weight excluding hydrogens is 297 g/mol. The van der Waals surface area contributed by atoms with Gasteiger partial charge in [-0.15, -0.1) is 0 Å². The molecule has 112 valence electrons. The highest BCUT2D eigenvalue weighted by Crippen LogP contribution is 2.22. The smallest absolute Gasteiger partial charge is 0.313 e. The molecule has 0 N–H and O–H groups in total. The third-order valence-electron chi connectivity index (χ3n) is 3.05. The van der Waals surface area contributed by atoms with E-state index in [1.165, 1.54) is 6.21 Å². The third-order valence-corrected chi connectivity index (χ3v) is 3.05. The van der Waals surface area contributed by atoms with E-state index in [2.05, 4.69) is 15.0 Å². The van der Waals surface area contributed by atoms with Gasteiger partial charge in [0.1, 0.15) is 0 Å². The Bertz CT molecular complexity index is 747. The summed E-state index contributed by atoms with van der Waals surface area (Å²) in [4.78, 5) is 24.0.